The van der Waals surface area contributed by atoms with E-state index in [1.54, 1.807) is 0 Å². The summed E-state index contributed by atoms with van der Waals surface area (Å²) in [6.45, 7) is -0.798. The molecule has 0 radical (unpaired) electrons. The summed E-state index contributed by atoms with van der Waals surface area (Å²) in [5.74, 6) is -0.487. The van der Waals surface area contributed by atoms with E-state index >= 15 is 0 Å². The lowest BCUT2D eigenvalue weighted by molar-refractivity contribution is -0.201. The van der Waals surface area contributed by atoms with Crippen LogP contribution in [0.2, 0.25) is 0 Å². The fourth-order valence-electron chi connectivity index (χ4n) is 1.51. The summed E-state index contributed by atoms with van der Waals surface area (Å²) in [5.41, 5.74) is 1.07. The van der Waals surface area contributed by atoms with Crippen molar-refractivity contribution in [1.29, 1.82) is 0 Å². The highest BCUT2D eigenvalue weighted by atomic mass is 19.4. The third-order valence-corrected chi connectivity index (χ3v) is 2.58. The zero-order valence-electron chi connectivity index (χ0n) is 10.3. The van der Waals surface area contributed by atoms with Gasteiger partial charge in [0.15, 0.2) is 6.10 Å². The number of carbonyl (C=O) groups excluding carboxylic acids is 1. The van der Waals surface area contributed by atoms with Crippen LogP contribution < -0.4 is 5.32 Å². The van der Waals surface area contributed by atoms with Gasteiger partial charge in [-0.15, -0.1) is 0 Å². The summed E-state index contributed by atoms with van der Waals surface area (Å²) >= 11 is 0. The fourth-order valence-corrected chi connectivity index (χ4v) is 1.51. The Morgan fingerprint density at radius 2 is 1.89 bits per heavy atom. The highest BCUT2D eigenvalue weighted by molar-refractivity contribution is 5.75. The van der Waals surface area contributed by atoms with Crippen molar-refractivity contribution in [3.8, 4) is 0 Å². The van der Waals surface area contributed by atoms with Crippen LogP contribution in [-0.2, 0) is 11.2 Å². The Balaban J connectivity index is 2.18. The second-order valence-corrected chi connectivity index (χ2v) is 4.20. The van der Waals surface area contributed by atoms with E-state index < -0.39 is 24.7 Å². The monoisotopic (exact) mass is 275 g/mol. The van der Waals surface area contributed by atoms with Gasteiger partial charge in [0, 0.05) is 6.42 Å². The van der Waals surface area contributed by atoms with E-state index in [1.165, 1.54) is 0 Å². The van der Waals surface area contributed by atoms with Crippen LogP contribution >= 0.6 is 0 Å². The molecular formula is C13H16F3NO2. The van der Waals surface area contributed by atoms with Crippen molar-refractivity contribution in [2.24, 2.45) is 0 Å². The van der Waals surface area contributed by atoms with Gasteiger partial charge >= 0.3 is 6.18 Å². The molecule has 0 bridgehead atoms. The van der Waals surface area contributed by atoms with Gasteiger partial charge in [-0.3, -0.25) is 4.79 Å². The Hall–Kier alpha value is -1.56. The molecule has 1 aromatic carbocycles. The normalized spacial score (nSPS) is 13.1. The van der Waals surface area contributed by atoms with Crippen LogP contribution in [0.4, 0.5) is 13.2 Å². The maximum absolute atomic E-state index is 12.0. The van der Waals surface area contributed by atoms with Crippen LogP contribution in [-0.4, -0.2) is 29.8 Å². The number of amides is 1. The molecule has 1 atom stereocenters. The predicted octanol–water partition coefficient (Wildman–Crippen LogP) is 2.05. The number of aliphatic hydroxyl groups excluding tert-OH is 1. The smallest absolute Gasteiger partial charge is 0.382 e. The number of carbonyl (C=O) groups is 1. The van der Waals surface area contributed by atoms with Crippen molar-refractivity contribution in [2.45, 2.75) is 31.5 Å². The predicted molar refractivity (Wildman–Crippen MR) is 64.5 cm³/mol. The molecule has 1 aromatic rings. The first-order valence-electron chi connectivity index (χ1n) is 5.95. The molecule has 106 valence electrons. The summed E-state index contributed by atoms with van der Waals surface area (Å²) in [6.07, 6.45) is -5.82. The van der Waals surface area contributed by atoms with Gasteiger partial charge in [-0.05, 0) is 18.4 Å². The molecule has 0 heterocycles. The second-order valence-electron chi connectivity index (χ2n) is 4.20. The fraction of sp³-hybridized carbons (Fsp3) is 0.462. The van der Waals surface area contributed by atoms with Crippen LogP contribution in [0.3, 0.4) is 0 Å². The minimum atomic E-state index is -4.70. The summed E-state index contributed by atoms with van der Waals surface area (Å²) in [5, 5.41) is 10.8. The number of alkyl halides is 3. The Morgan fingerprint density at radius 3 is 2.47 bits per heavy atom. The maximum atomic E-state index is 12.0. The lowest BCUT2D eigenvalue weighted by atomic mass is 10.1. The molecule has 3 nitrogen and oxygen atoms in total. The van der Waals surface area contributed by atoms with Gasteiger partial charge in [0.1, 0.15) is 0 Å². The number of hydrogen-bond acceptors (Lipinski definition) is 2. The average Bonchev–Trinajstić information content (AvgIpc) is 2.36. The minimum absolute atomic E-state index is 0.138. The van der Waals surface area contributed by atoms with E-state index in [9.17, 15) is 18.0 Å². The van der Waals surface area contributed by atoms with E-state index in [2.05, 4.69) is 5.32 Å². The van der Waals surface area contributed by atoms with Crippen LogP contribution in [0.15, 0.2) is 30.3 Å². The lowest BCUT2D eigenvalue weighted by Crippen LogP contribution is -2.40. The highest BCUT2D eigenvalue weighted by Crippen LogP contribution is 2.19. The molecule has 0 saturated carbocycles. The summed E-state index contributed by atoms with van der Waals surface area (Å²) < 4.78 is 35.9. The van der Waals surface area contributed by atoms with Crippen molar-refractivity contribution in [2.75, 3.05) is 6.54 Å². The second kappa shape index (κ2) is 7.13. The molecule has 0 aliphatic heterocycles. The average molecular weight is 275 g/mol. The Labute approximate surface area is 109 Å². The van der Waals surface area contributed by atoms with Gasteiger partial charge in [0.05, 0.1) is 6.54 Å². The van der Waals surface area contributed by atoms with Gasteiger partial charge in [0.2, 0.25) is 5.91 Å². The number of hydrogen-bond donors (Lipinski definition) is 2. The van der Waals surface area contributed by atoms with Crippen LogP contribution in [0.5, 0.6) is 0 Å². The molecule has 0 aliphatic carbocycles. The lowest BCUT2D eigenvalue weighted by Gasteiger charge is -2.14. The van der Waals surface area contributed by atoms with E-state index in [-0.39, 0.29) is 6.42 Å². The molecule has 1 amide bonds. The van der Waals surface area contributed by atoms with Gasteiger partial charge in [-0.1, -0.05) is 30.3 Å². The van der Waals surface area contributed by atoms with Crippen LogP contribution in [0.25, 0.3) is 0 Å². The van der Waals surface area contributed by atoms with Gasteiger partial charge < -0.3 is 10.4 Å². The maximum Gasteiger partial charge on any atom is 0.416 e. The van der Waals surface area contributed by atoms with Gasteiger partial charge in [-0.25, -0.2) is 0 Å². The number of halogens is 3. The first-order valence-corrected chi connectivity index (χ1v) is 5.95. The summed E-state index contributed by atoms with van der Waals surface area (Å²) in [6, 6.07) is 9.50. The minimum Gasteiger partial charge on any atom is -0.382 e. The highest BCUT2D eigenvalue weighted by Gasteiger charge is 2.38. The molecule has 0 aliphatic rings. The molecule has 0 saturated heterocycles. The molecule has 1 rings (SSSR count). The molecular weight excluding hydrogens is 259 g/mol. The van der Waals surface area contributed by atoms with Crippen molar-refractivity contribution in [3.05, 3.63) is 35.9 Å². The van der Waals surface area contributed by atoms with Crippen LogP contribution in [0, 0.1) is 0 Å². The molecule has 0 spiro atoms. The Bertz CT molecular complexity index is 393. The zero-order chi connectivity index (χ0) is 14.3. The topological polar surface area (TPSA) is 49.3 Å². The molecule has 6 heteroatoms. The summed E-state index contributed by atoms with van der Waals surface area (Å²) in [7, 11) is 0. The molecule has 19 heavy (non-hydrogen) atoms. The number of nitrogens with one attached hydrogen (secondary N) is 1. The van der Waals surface area contributed by atoms with Gasteiger partial charge in [0.25, 0.3) is 0 Å². The van der Waals surface area contributed by atoms with Crippen molar-refractivity contribution in [1.82, 2.24) is 5.32 Å². The van der Waals surface area contributed by atoms with E-state index in [0.29, 0.717) is 12.8 Å². The first kappa shape index (κ1) is 15.5. The molecule has 0 fully saturated rings. The molecule has 0 aromatic heterocycles. The van der Waals surface area contributed by atoms with Crippen molar-refractivity contribution >= 4 is 5.91 Å². The van der Waals surface area contributed by atoms with E-state index in [0.717, 1.165) is 5.56 Å². The largest absolute Gasteiger partial charge is 0.416 e. The SMILES string of the molecule is O=C(CCCc1ccccc1)NCC(O)C(F)(F)F. The quantitative estimate of drug-likeness (QED) is 0.834. The standard InChI is InChI=1S/C13H16F3NO2/c14-13(15,16)11(18)9-17-12(19)8-4-7-10-5-2-1-3-6-10/h1-3,5-6,11,18H,4,7-9H2,(H,17,19). The Kier molecular flexibility index (Phi) is 5.82. The van der Waals surface area contributed by atoms with Crippen molar-refractivity contribution in [3.63, 3.8) is 0 Å². The number of aryl methyl sites for hydroxylation is 1. The number of benzene rings is 1. The van der Waals surface area contributed by atoms with E-state index in [4.69, 9.17) is 5.11 Å². The third-order valence-electron chi connectivity index (χ3n) is 2.58. The molecule has 2 N–H and O–H groups in total. The zero-order valence-corrected chi connectivity index (χ0v) is 10.3. The Morgan fingerprint density at radius 1 is 1.26 bits per heavy atom. The number of aliphatic hydroxyl groups is 1. The van der Waals surface area contributed by atoms with E-state index in [1.807, 2.05) is 30.3 Å². The molecule has 1 unspecified atom stereocenters. The summed E-state index contributed by atoms with van der Waals surface area (Å²) in [4.78, 5) is 11.3. The number of rotatable bonds is 6. The van der Waals surface area contributed by atoms with Gasteiger partial charge in [-0.2, -0.15) is 13.2 Å². The first-order chi connectivity index (χ1) is 8.89. The third kappa shape index (κ3) is 6.24. The van der Waals surface area contributed by atoms with Crippen LogP contribution in [0.1, 0.15) is 18.4 Å². The van der Waals surface area contributed by atoms with Crippen molar-refractivity contribution < 1.29 is 23.1 Å².